The van der Waals surface area contributed by atoms with Crippen molar-refractivity contribution in [1.82, 2.24) is 4.90 Å². The lowest BCUT2D eigenvalue weighted by Crippen LogP contribution is -2.36. The molecule has 9 heteroatoms. The number of primary amides is 1. The minimum atomic E-state index is -0.614. The molecule has 0 aliphatic carbocycles. The van der Waals surface area contributed by atoms with E-state index in [1.54, 1.807) is 24.3 Å². The van der Waals surface area contributed by atoms with Crippen LogP contribution in [0.2, 0.25) is 0 Å². The van der Waals surface area contributed by atoms with Gasteiger partial charge in [-0.25, -0.2) is 0 Å². The largest absolute Gasteiger partial charge is 0.454 e. The average Bonchev–Trinajstić information content (AvgIpc) is 2.83. The van der Waals surface area contributed by atoms with E-state index in [1.165, 1.54) is 16.7 Å². The highest BCUT2D eigenvalue weighted by molar-refractivity contribution is 8.00. The van der Waals surface area contributed by atoms with E-state index in [9.17, 15) is 19.2 Å². The van der Waals surface area contributed by atoms with Crippen LogP contribution in [0.15, 0.2) is 29.2 Å². The Balaban J connectivity index is 1.81. The van der Waals surface area contributed by atoms with Gasteiger partial charge in [0.25, 0.3) is 5.91 Å². The van der Waals surface area contributed by atoms with Gasteiger partial charge in [-0.15, -0.1) is 11.8 Å². The number of thioether (sulfide) groups is 1. The lowest BCUT2D eigenvalue weighted by Gasteiger charge is -2.19. The first-order valence-corrected chi connectivity index (χ1v) is 9.67. The smallest absolute Gasteiger partial charge is 0.326 e. The molecule has 0 aromatic heterocycles. The second kappa shape index (κ2) is 10.6. The number of nitrogens with two attached hydrogens (primary N) is 1. The van der Waals surface area contributed by atoms with Crippen molar-refractivity contribution in [2.45, 2.75) is 30.6 Å². The predicted octanol–water partition coefficient (Wildman–Crippen LogP) is 1.15. The van der Waals surface area contributed by atoms with Crippen LogP contribution in [0, 0.1) is 0 Å². The van der Waals surface area contributed by atoms with Gasteiger partial charge >= 0.3 is 5.97 Å². The number of likely N-dealkylation sites (tertiary alicyclic amines) is 1. The summed E-state index contributed by atoms with van der Waals surface area (Å²) in [5.41, 5.74) is 5.64. The summed E-state index contributed by atoms with van der Waals surface area (Å²) in [4.78, 5) is 48.9. The second-order valence-electron chi connectivity index (χ2n) is 6.09. The van der Waals surface area contributed by atoms with Crippen molar-refractivity contribution in [1.29, 1.82) is 0 Å². The molecule has 1 heterocycles. The van der Waals surface area contributed by atoms with Gasteiger partial charge in [-0.3, -0.25) is 19.2 Å². The van der Waals surface area contributed by atoms with Gasteiger partial charge < -0.3 is 20.7 Å². The molecule has 0 saturated carbocycles. The topological polar surface area (TPSA) is 119 Å². The number of esters is 1. The van der Waals surface area contributed by atoms with Crippen molar-refractivity contribution in [3.8, 4) is 0 Å². The van der Waals surface area contributed by atoms with Gasteiger partial charge in [-0.05, 0) is 25.0 Å². The second-order valence-corrected chi connectivity index (χ2v) is 7.10. The molecule has 1 aromatic carbocycles. The predicted molar refractivity (Wildman–Crippen MR) is 101 cm³/mol. The third kappa shape index (κ3) is 7.30. The molecule has 1 aromatic rings. The van der Waals surface area contributed by atoms with Gasteiger partial charge in [-0.1, -0.05) is 18.6 Å². The van der Waals surface area contributed by atoms with Crippen LogP contribution in [0.5, 0.6) is 0 Å². The van der Waals surface area contributed by atoms with E-state index in [0.717, 1.165) is 19.3 Å². The van der Waals surface area contributed by atoms with E-state index in [2.05, 4.69) is 5.32 Å². The number of ether oxygens (including phenoxy) is 1. The van der Waals surface area contributed by atoms with E-state index in [-0.39, 0.29) is 18.2 Å². The SMILES string of the molecule is NC(=O)CSc1ccccc1NC(=O)COC(=O)CN1CCCCCC1=O. The Kier molecular flexibility index (Phi) is 8.12. The standard InChI is InChI=1S/C18H23N3O5S/c19-15(22)12-27-14-7-4-3-6-13(14)20-16(23)11-26-18(25)10-21-9-5-1-2-8-17(21)24/h3-4,6-7H,1-2,5,8-12H2,(H2,19,22)(H,20,23). The van der Waals surface area contributed by atoms with Crippen LogP contribution in [0.3, 0.4) is 0 Å². The fourth-order valence-electron chi connectivity index (χ4n) is 2.58. The fourth-order valence-corrected chi connectivity index (χ4v) is 3.33. The number of benzene rings is 1. The third-order valence-electron chi connectivity index (χ3n) is 3.89. The summed E-state index contributed by atoms with van der Waals surface area (Å²) in [6, 6.07) is 6.94. The van der Waals surface area contributed by atoms with E-state index >= 15 is 0 Å². The molecule has 8 nitrogen and oxygen atoms in total. The molecule has 3 amide bonds. The van der Waals surface area contributed by atoms with Crippen LogP contribution in [0.25, 0.3) is 0 Å². The monoisotopic (exact) mass is 393 g/mol. The lowest BCUT2D eigenvalue weighted by molar-refractivity contribution is -0.151. The molecular formula is C18H23N3O5S. The maximum Gasteiger partial charge on any atom is 0.326 e. The molecule has 1 aliphatic heterocycles. The number of nitrogens with zero attached hydrogens (tertiary/aromatic N) is 1. The Labute approximate surface area is 161 Å². The summed E-state index contributed by atoms with van der Waals surface area (Å²) < 4.78 is 4.98. The van der Waals surface area contributed by atoms with Crippen LogP contribution in [0.1, 0.15) is 25.7 Å². The Hall–Kier alpha value is -2.55. The highest BCUT2D eigenvalue weighted by Gasteiger charge is 2.20. The molecular weight excluding hydrogens is 370 g/mol. The quantitative estimate of drug-likeness (QED) is 0.505. The van der Waals surface area contributed by atoms with Crippen LogP contribution in [-0.4, -0.2) is 54.0 Å². The van der Waals surface area contributed by atoms with Crippen molar-refractivity contribution in [2.24, 2.45) is 5.73 Å². The van der Waals surface area contributed by atoms with Gasteiger partial charge in [0.05, 0.1) is 11.4 Å². The fraction of sp³-hybridized carbons (Fsp3) is 0.444. The molecule has 0 bridgehead atoms. The number of carbonyl (C=O) groups excluding carboxylic acids is 4. The molecule has 146 valence electrons. The Morgan fingerprint density at radius 3 is 2.74 bits per heavy atom. The van der Waals surface area contributed by atoms with Gasteiger partial charge in [0.15, 0.2) is 6.61 Å². The minimum absolute atomic E-state index is 0.0608. The number of hydrogen-bond donors (Lipinski definition) is 2. The van der Waals surface area contributed by atoms with E-state index in [4.69, 9.17) is 10.5 Å². The normalized spacial score (nSPS) is 14.4. The van der Waals surface area contributed by atoms with Gasteiger partial charge in [0.2, 0.25) is 11.8 Å². The highest BCUT2D eigenvalue weighted by atomic mass is 32.2. The molecule has 0 radical (unpaired) electrons. The van der Waals surface area contributed by atoms with E-state index < -0.39 is 24.4 Å². The first-order valence-electron chi connectivity index (χ1n) is 8.69. The molecule has 0 atom stereocenters. The first kappa shape index (κ1) is 20.8. The molecule has 1 aliphatic rings. The molecule has 0 spiro atoms. The summed E-state index contributed by atoms with van der Waals surface area (Å²) >= 11 is 1.21. The molecule has 2 rings (SSSR count). The van der Waals surface area contributed by atoms with Crippen LogP contribution in [0.4, 0.5) is 5.69 Å². The zero-order chi connectivity index (χ0) is 19.6. The molecule has 1 saturated heterocycles. The number of carbonyl (C=O) groups is 4. The number of anilines is 1. The number of amides is 3. The Morgan fingerprint density at radius 2 is 1.96 bits per heavy atom. The van der Waals surface area contributed by atoms with E-state index in [0.29, 0.717) is 23.5 Å². The zero-order valence-corrected chi connectivity index (χ0v) is 15.8. The molecule has 1 fully saturated rings. The van der Waals surface area contributed by atoms with Crippen LogP contribution >= 0.6 is 11.8 Å². The van der Waals surface area contributed by atoms with Crippen molar-refractivity contribution < 1.29 is 23.9 Å². The minimum Gasteiger partial charge on any atom is -0.454 e. The number of nitrogens with one attached hydrogen (secondary N) is 1. The van der Waals surface area contributed by atoms with Gasteiger partial charge in [0, 0.05) is 17.9 Å². The summed E-state index contributed by atoms with van der Waals surface area (Å²) in [6.45, 7) is -0.0581. The molecule has 27 heavy (non-hydrogen) atoms. The maximum absolute atomic E-state index is 12.0. The van der Waals surface area contributed by atoms with Crippen molar-refractivity contribution in [2.75, 3.05) is 30.8 Å². The molecule has 0 unspecified atom stereocenters. The average molecular weight is 393 g/mol. The number of rotatable bonds is 8. The lowest BCUT2D eigenvalue weighted by atomic mass is 10.2. The zero-order valence-electron chi connectivity index (χ0n) is 14.9. The van der Waals surface area contributed by atoms with Crippen molar-refractivity contribution >= 4 is 41.1 Å². The van der Waals surface area contributed by atoms with Gasteiger partial charge in [-0.2, -0.15) is 0 Å². The summed E-state index contributed by atoms with van der Waals surface area (Å²) in [5.74, 6) is -1.55. The summed E-state index contributed by atoms with van der Waals surface area (Å²) in [5, 5.41) is 2.64. The Bertz CT molecular complexity index is 710. The molecule has 3 N–H and O–H groups in total. The van der Waals surface area contributed by atoms with Crippen molar-refractivity contribution in [3.63, 3.8) is 0 Å². The van der Waals surface area contributed by atoms with E-state index in [1.807, 2.05) is 0 Å². The third-order valence-corrected chi connectivity index (χ3v) is 4.98. The highest BCUT2D eigenvalue weighted by Crippen LogP contribution is 2.26. The number of hydrogen-bond acceptors (Lipinski definition) is 6. The maximum atomic E-state index is 12.0. The summed E-state index contributed by atoms with van der Waals surface area (Å²) in [7, 11) is 0. The Morgan fingerprint density at radius 1 is 1.19 bits per heavy atom. The first-order chi connectivity index (χ1) is 13.0. The van der Waals surface area contributed by atoms with Gasteiger partial charge in [0.1, 0.15) is 6.54 Å². The van der Waals surface area contributed by atoms with Crippen LogP contribution < -0.4 is 11.1 Å². The van der Waals surface area contributed by atoms with Crippen LogP contribution in [-0.2, 0) is 23.9 Å². The summed E-state index contributed by atoms with van der Waals surface area (Å²) in [6.07, 6.45) is 3.10. The number of para-hydroxylation sites is 1. The van der Waals surface area contributed by atoms with Crippen molar-refractivity contribution in [3.05, 3.63) is 24.3 Å².